The van der Waals surface area contributed by atoms with Crippen molar-refractivity contribution in [1.82, 2.24) is 5.01 Å². The van der Waals surface area contributed by atoms with Crippen molar-refractivity contribution >= 4 is 12.3 Å². The molecular weight excluding hydrogens is 132 g/mol. The third-order valence-electron chi connectivity index (χ3n) is 1.06. The number of allylic oxidation sites excluding steroid dienone is 1. The SMILES string of the molecule is COC(=O)N1C=CCC=N1. The smallest absolute Gasteiger partial charge is 0.434 e. The van der Waals surface area contributed by atoms with Crippen molar-refractivity contribution in [2.75, 3.05) is 7.11 Å². The standard InChI is InChI=1S/C6H8N2O2/c1-10-6(9)8-5-3-2-4-7-8/h3-5H,2H2,1H3. The van der Waals surface area contributed by atoms with Crippen LogP contribution in [0.2, 0.25) is 0 Å². The Bertz CT molecular complexity index is 174. The maximum atomic E-state index is 10.7. The average Bonchev–Trinajstić information content (AvgIpc) is 2.05. The fraction of sp³-hybridized carbons (Fsp3) is 0.333. The number of carbonyl (C=O) groups excluding carboxylic acids is 1. The first-order valence-corrected chi connectivity index (χ1v) is 2.91. The Morgan fingerprint density at radius 3 is 3.10 bits per heavy atom. The third kappa shape index (κ3) is 1.34. The molecular formula is C6H8N2O2. The van der Waals surface area contributed by atoms with Gasteiger partial charge in [-0.3, -0.25) is 0 Å². The second kappa shape index (κ2) is 3.00. The highest BCUT2D eigenvalue weighted by Crippen LogP contribution is 2.00. The van der Waals surface area contributed by atoms with Gasteiger partial charge in [-0.05, 0) is 0 Å². The number of hydrogen-bond donors (Lipinski definition) is 0. The van der Waals surface area contributed by atoms with E-state index in [1.807, 2.05) is 6.08 Å². The molecule has 0 saturated heterocycles. The largest absolute Gasteiger partial charge is 0.451 e. The summed E-state index contributed by atoms with van der Waals surface area (Å²) in [5, 5.41) is 4.89. The van der Waals surface area contributed by atoms with E-state index < -0.39 is 6.09 Å². The molecule has 0 spiro atoms. The minimum Gasteiger partial charge on any atom is -0.451 e. The molecule has 1 amide bonds. The molecule has 0 aromatic heterocycles. The normalized spacial score (nSPS) is 15.5. The first kappa shape index (κ1) is 6.80. The fourth-order valence-corrected chi connectivity index (χ4v) is 0.597. The van der Waals surface area contributed by atoms with Gasteiger partial charge in [-0.15, -0.1) is 0 Å². The van der Waals surface area contributed by atoms with Gasteiger partial charge >= 0.3 is 6.09 Å². The lowest BCUT2D eigenvalue weighted by Crippen LogP contribution is -2.21. The van der Waals surface area contributed by atoms with Crippen molar-refractivity contribution in [2.24, 2.45) is 5.10 Å². The second-order valence-corrected chi connectivity index (χ2v) is 1.73. The Hall–Kier alpha value is -1.32. The van der Waals surface area contributed by atoms with Crippen LogP contribution in [-0.2, 0) is 4.74 Å². The van der Waals surface area contributed by atoms with Gasteiger partial charge in [0.25, 0.3) is 0 Å². The van der Waals surface area contributed by atoms with Crippen LogP contribution >= 0.6 is 0 Å². The van der Waals surface area contributed by atoms with Gasteiger partial charge in [0.2, 0.25) is 0 Å². The summed E-state index contributed by atoms with van der Waals surface area (Å²) < 4.78 is 4.41. The molecule has 0 bridgehead atoms. The minimum atomic E-state index is -0.466. The van der Waals surface area contributed by atoms with Crippen molar-refractivity contribution in [2.45, 2.75) is 6.42 Å². The summed E-state index contributed by atoms with van der Waals surface area (Å²) in [5.41, 5.74) is 0. The highest BCUT2D eigenvalue weighted by atomic mass is 16.5. The van der Waals surface area contributed by atoms with Gasteiger partial charge in [-0.25, -0.2) is 4.79 Å². The zero-order valence-electron chi connectivity index (χ0n) is 5.65. The maximum Gasteiger partial charge on any atom is 0.434 e. The highest BCUT2D eigenvalue weighted by Gasteiger charge is 2.08. The molecule has 0 aromatic carbocycles. The highest BCUT2D eigenvalue weighted by molar-refractivity contribution is 5.72. The molecule has 54 valence electrons. The molecule has 4 heteroatoms. The van der Waals surface area contributed by atoms with E-state index >= 15 is 0 Å². The van der Waals surface area contributed by atoms with Crippen molar-refractivity contribution < 1.29 is 9.53 Å². The van der Waals surface area contributed by atoms with E-state index in [1.54, 1.807) is 12.4 Å². The van der Waals surface area contributed by atoms with E-state index in [2.05, 4.69) is 9.84 Å². The molecule has 0 atom stereocenters. The number of rotatable bonds is 0. The van der Waals surface area contributed by atoms with Crippen molar-refractivity contribution in [3.05, 3.63) is 12.3 Å². The fourth-order valence-electron chi connectivity index (χ4n) is 0.597. The lowest BCUT2D eigenvalue weighted by atomic mass is 10.4. The summed E-state index contributed by atoms with van der Waals surface area (Å²) in [6.07, 6.45) is 5.34. The van der Waals surface area contributed by atoms with Gasteiger partial charge < -0.3 is 4.74 Å². The van der Waals surface area contributed by atoms with Crippen LogP contribution in [0.5, 0.6) is 0 Å². The van der Waals surface area contributed by atoms with Crippen LogP contribution in [0.1, 0.15) is 6.42 Å². The quantitative estimate of drug-likeness (QED) is 0.502. The monoisotopic (exact) mass is 140 g/mol. The molecule has 0 N–H and O–H groups in total. The maximum absolute atomic E-state index is 10.7. The minimum absolute atomic E-state index is 0.466. The molecule has 1 heterocycles. The Balaban J connectivity index is 2.55. The molecule has 0 aliphatic carbocycles. The number of hydrogen-bond acceptors (Lipinski definition) is 3. The van der Waals surface area contributed by atoms with Gasteiger partial charge in [-0.1, -0.05) is 6.08 Å². The first-order valence-electron chi connectivity index (χ1n) is 2.91. The van der Waals surface area contributed by atoms with Crippen LogP contribution in [0.25, 0.3) is 0 Å². The summed E-state index contributed by atoms with van der Waals surface area (Å²) in [6, 6.07) is 0. The van der Waals surface area contributed by atoms with Crippen LogP contribution in [-0.4, -0.2) is 24.4 Å². The molecule has 0 saturated carbocycles. The van der Waals surface area contributed by atoms with E-state index in [9.17, 15) is 4.79 Å². The molecule has 0 unspecified atom stereocenters. The van der Waals surface area contributed by atoms with Gasteiger partial charge in [0.1, 0.15) is 0 Å². The molecule has 1 aliphatic rings. The van der Waals surface area contributed by atoms with E-state index in [4.69, 9.17) is 0 Å². The average molecular weight is 140 g/mol. The molecule has 1 aliphatic heterocycles. The number of ether oxygens (including phenoxy) is 1. The van der Waals surface area contributed by atoms with Crippen LogP contribution in [0.15, 0.2) is 17.4 Å². The summed E-state index contributed by atoms with van der Waals surface area (Å²) in [6.45, 7) is 0. The van der Waals surface area contributed by atoms with Crippen LogP contribution in [0, 0.1) is 0 Å². The first-order chi connectivity index (χ1) is 4.84. The Kier molecular flexibility index (Phi) is 2.04. The summed E-state index contributed by atoms with van der Waals surface area (Å²) in [4.78, 5) is 10.7. The van der Waals surface area contributed by atoms with Gasteiger partial charge in [-0.2, -0.15) is 10.1 Å². The number of hydrazone groups is 1. The Labute approximate surface area is 58.8 Å². The zero-order valence-corrected chi connectivity index (χ0v) is 5.65. The van der Waals surface area contributed by atoms with Crippen LogP contribution < -0.4 is 0 Å². The lowest BCUT2D eigenvalue weighted by Gasteiger charge is -2.11. The Morgan fingerprint density at radius 1 is 1.80 bits per heavy atom. The summed E-state index contributed by atoms with van der Waals surface area (Å²) in [5.74, 6) is 0. The zero-order chi connectivity index (χ0) is 7.40. The van der Waals surface area contributed by atoms with Crippen molar-refractivity contribution in [3.8, 4) is 0 Å². The van der Waals surface area contributed by atoms with E-state index in [-0.39, 0.29) is 0 Å². The number of nitrogens with zero attached hydrogens (tertiary/aromatic N) is 2. The predicted octanol–water partition coefficient (Wildman–Crippen LogP) is 0.958. The predicted molar refractivity (Wildman–Crippen MR) is 36.5 cm³/mol. The summed E-state index contributed by atoms with van der Waals surface area (Å²) in [7, 11) is 1.32. The number of carbonyl (C=O) groups is 1. The Morgan fingerprint density at radius 2 is 2.60 bits per heavy atom. The van der Waals surface area contributed by atoms with Crippen molar-refractivity contribution in [1.29, 1.82) is 0 Å². The lowest BCUT2D eigenvalue weighted by molar-refractivity contribution is 0.141. The van der Waals surface area contributed by atoms with E-state index in [0.29, 0.717) is 0 Å². The van der Waals surface area contributed by atoms with Crippen LogP contribution in [0.4, 0.5) is 4.79 Å². The van der Waals surface area contributed by atoms with E-state index in [1.165, 1.54) is 7.11 Å². The van der Waals surface area contributed by atoms with Crippen LogP contribution in [0.3, 0.4) is 0 Å². The third-order valence-corrected chi connectivity index (χ3v) is 1.06. The molecule has 0 radical (unpaired) electrons. The van der Waals surface area contributed by atoms with E-state index in [0.717, 1.165) is 11.4 Å². The number of amides is 1. The van der Waals surface area contributed by atoms with Crippen molar-refractivity contribution in [3.63, 3.8) is 0 Å². The van der Waals surface area contributed by atoms with Gasteiger partial charge in [0.15, 0.2) is 0 Å². The molecule has 10 heavy (non-hydrogen) atoms. The molecule has 0 fully saturated rings. The molecule has 0 aromatic rings. The molecule has 4 nitrogen and oxygen atoms in total. The topological polar surface area (TPSA) is 41.9 Å². The van der Waals surface area contributed by atoms with Gasteiger partial charge in [0, 0.05) is 18.8 Å². The summed E-state index contributed by atoms with van der Waals surface area (Å²) >= 11 is 0. The number of methoxy groups -OCH3 is 1. The molecule has 1 rings (SSSR count). The van der Waals surface area contributed by atoms with Gasteiger partial charge in [0.05, 0.1) is 7.11 Å². The second-order valence-electron chi connectivity index (χ2n) is 1.73.